The van der Waals surface area contributed by atoms with E-state index in [1.54, 1.807) is 0 Å². The van der Waals surface area contributed by atoms with Gasteiger partial charge in [0.15, 0.2) is 0 Å². The smallest absolute Gasteiger partial charge is 0.0480 e. The predicted molar refractivity (Wildman–Crippen MR) is 71.5 cm³/mol. The van der Waals surface area contributed by atoms with Crippen LogP contribution in [0.15, 0.2) is 60.7 Å². The molecule has 0 radical (unpaired) electrons. The Morgan fingerprint density at radius 3 is 2.00 bits per heavy atom. The second-order valence-corrected chi connectivity index (χ2v) is 3.85. The van der Waals surface area contributed by atoms with Crippen LogP contribution in [0.1, 0.15) is 11.1 Å². The third-order valence-corrected chi connectivity index (χ3v) is 2.72. The van der Waals surface area contributed by atoms with E-state index in [4.69, 9.17) is 11.6 Å². The first-order valence-corrected chi connectivity index (χ1v) is 5.80. The lowest BCUT2D eigenvalue weighted by atomic mass is 10.0. The number of hydrogen-bond acceptors (Lipinski definition) is 0. The summed E-state index contributed by atoms with van der Waals surface area (Å²) in [4.78, 5) is 0. The van der Waals surface area contributed by atoms with Crippen molar-refractivity contribution in [3.63, 3.8) is 0 Å². The molecule has 0 N–H and O–H groups in total. The van der Waals surface area contributed by atoms with Crippen LogP contribution in [0.25, 0.3) is 11.6 Å². The van der Waals surface area contributed by atoms with E-state index >= 15 is 0 Å². The van der Waals surface area contributed by atoms with E-state index < -0.39 is 0 Å². The Labute approximate surface area is 101 Å². The fourth-order valence-corrected chi connectivity index (χ4v) is 1.83. The maximum absolute atomic E-state index is 5.98. The van der Waals surface area contributed by atoms with Crippen molar-refractivity contribution >= 4 is 23.3 Å². The highest BCUT2D eigenvalue weighted by molar-refractivity contribution is 6.24. The molecule has 0 nitrogen and oxygen atoms in total. The van der Waals surface area contributed by atoms with Gasteiger partial charge in [-0.05, 0) is 22.8 Å². The molecule has 1 heteroatoms. The minimum absolute atomic E-state index is 0.527. The van der Waals surface area contributed by atoms with Gasteiger partial charge in [-0.3, -0.25) is 0 Å². The number of halogens is 1. The summed E-state index contributed by atoms with van der Waals surface area (Å²) in [6.07, 6.45) is 2.13. The Morgan fingerprint density at radius 1 is 0.875 bits per heavy atom. The monoisotopic (exact) mass is 228 g/mol. The van der Waals surface area contributed by atoms with Crippen LogP contribution < -0.4 is 0 Å². The molecule has 0 amide bonds. The summed E-state index contributed by atoms with van der Waals surface area (Å²) in [5.41, 5.74) is 3.51. The summed E-state index contributed by atoms with van der Waals surface area (Å²) in [6.45, 7) is 0. The van der Waals surface area contributed by atoms with Crippen molar-refractivity contribution < 1.29 is 0 Å². The SMILES string of the molecule is ClC/C(=C/c1ccccc1)c1ccccc1. The number of alkyl halides is 1. The van der Waals surface area contributed by atoms with Gasteiger partial charge in [0.1, 0.15) is 0 Å². The van der Waals surface area contributed by atoms with Gasteiger partial charge in [0, 0.05) is 5.88 Å². The number of benzene rings is 2. The van der Waals surface area contributed by atoms with Crippen molar-refractivity contribution in [3.05, 3.63) is 71.8 Å². The molecule has 0 spiro atoms. The Bertz CT molecular complexity index is 457. The molecule has 2 rings (SSSR count). The second kappa shape index (κ2) is 5.53. The highest BCUT2D eigenvalue weighted by Gasteiger charge is 1.99. The molecule has 0 unspecified atom stereocenters. The Balaban J connectivity index is 2.34. The zero-order valence-corrected chi connectivity index (χ0v) is 9.69. The Morgan fingerprint density at radius 2 is 1.44 bits per heavy atom. The molecule has 0 fully saturated rings. The fraction of sp³-hybridized carbons (Fsp3) is 0.0667. The molecule has 0 saturated carbocycles. The van der Waals surface area contributed by atoms with Gasteiger partial charge in [-0.25, -0.2) is 0 Å². The van der Waals surface area contributed by atoms with Crippen LogP contribution in [0.4, 0.5) is 0 Å². The van der Waals surface area contributed by atoms with Crippen LogP contribution in [0.2, 0.25) is 0 Å². The third-order valence-electron chi connectivity index (χ3n) is 2.43. The summed E-state index contributed by atoms with van der Waals surface area (Å²) < 4.78 is 0. The number of rotatable bonds is 3. The molecular weight excluding hydrogens is 216 g/mol. The maximum atomic E-state index is 5.98. The summed E-state index contributed by atoms with van der Waals surface area (Å²) in [5.74, 6) is 0.527. The normalized spacial score (nSPS) is 11.4. The molecule has 2 aromatic rings. The predicted octanol–water partition coefficient (Wildman–Crippen LogP) is 4.47. The van der Waals surface area contributed by atoms with Crippen molar-refractivity contribution in [1.29, 1.82) is 0 Å². The highest BCUT2D eigenvalue weighted by atomic mass is 35.5. The average Bonchev–Trinajstić information content (AvgIpc) is 2.38. The van der Waals surface area contributed by atoms with E-state index in [2.05, 4.69) is 30.3 Å². The average molecular weight is 229 g/mol. The van der Waals surface area contributed by atoms with Crippen LogP contribution in [0, 0.1) is 0 Å². The van der Waals surface area contributed by atoms with Crippen molar-refractivity contribution in [2.45, 2.75) is 0 Å². The first-order valence-electron chi connectivity index (χ1n) is 5.27. The summed E-state index contributed by atoms with van der Waals surface area (Å²) in [6, 6.07) is 20.5. The lowest BCUT2D eigenvalue weighted by Crippen LogP contribution is -1.85. The molecule has 0 bridgehead atoms. The van der Waals surface area contributed by atoms with Gasteiger partial charge in [-0.1, -0.05) is 60.7 Å². The molecule has 0 heterocycles. The van der Waals surface area contributed by atoms with Crippen molar-refractivity contribution in [3.8, 4) is 0 Å². The van der Waals surface area contributed by atoms with Gasteiger partial charge in [0.2, 0.25) is 0 Å². The van der Waals surface area contributed by atoms with Crippen LogP contribution in [-0.4, -0.2) is 5.88 Å². The molecule has 0 aliphatic carbocycles. The molecule has 0 saturated heterocycles. The summed E-state index contributed by atoms with van der Waals surface area (Å²) >= 11 is 5.98. The van der Waals surface area contributed by atoms with E-state index in [0.29, 0.717) is 5.88 Å². The minimum atomic E-state index is 0.527. The standard InChI is InChI=1S/C15H13Cl/c16-12-15(14-9-5-2-6-10-14)11-13-7-3-1-4-8-13/h1-11H,12H2/b15-11-. The molecule has 16 heavy (non-hydrogen) atoms. The van der Waals surface area contributed by atoms with Gasteiger partial charge < -0.3 is 0 Å². The lowest BCUT2D eigenvalue weighted by Gasteiger charge is -2.03. The van der Waals surface area contributed by atoms with E-state index in [9.17, 15) is 0 Å². The first kappa shape index (κ1) is 11.0. The van der Waals surface area contributed by atoms with Crippen molar-refractivity contribution in [2.75, 3.05) is 5.88 Å². The van der Waals surface area contributed by atoms with Gasteiger partial charge in [-0.15, -0.1) is 11.6 Å². The molecule has 80 valence electrons. The second-order valence-electron chi connectivity index (χ2n) is 3.58. The quantitative estimate of drug-likeness (QED) is 0.537. The van der Waals surface area contributed by atoms with Gasteiger partial charge in [0.25, 0.3) is 0 Å². The van der Waals surface area contributed by atoms with Crippen molar-refractivity contribution in [2.24, 2.45) is 0 Å². The Kier molecular flexibility index (Phi) is 3.79. The van der Waals surface area contributed by atoms with Crippen LogP contribution in [0.3, 0.4) is 0 Å². The maximum Gasteiger partial charge on any atom is 0.0480 e. The number of hydrogen-bond donors (Lipinski definition) is 0. The zero-order chi connectivity index (χ0) is 11.2. The van der Waals surface area contributed by atoms with Crippen LogP contribution in [-0.2, 0) is 0 Å². The first-order chi connectivity index (χ1) is 7.90. The molecule has 2 aromatic carbocycles. The Hall–Kier alpha value is -1.53. The van der Waals surface area contributed by atoms with E-state index in [1.165, 1.54) is 11.1 Å². The molecule has 0 atom stereocenters. The lowest BCUT2D eigenvalue weighted by molar-refractivity contribution is 1.57. The summed E-state index contributed by atoms with van der Waals surface area (Å²) in [5, 5.41) is 0. The highest BCUT2D eigenvalue weighted by Crippen LogP contribution is 2.19. The van der Waals surface area contributed by atoms with Gasteiger partial charge in [-0.2, -0.15) is 0 Å². The fourth-order valence-electron chi connectivity index (χ4n) is 1.60. The largest absolute Gasteiger partial charge is 0.122 e. The van der Waals surface area contributed by atoms with E-state index in [1.807, 2.05) is 36.4 Å². The van der Waals surface area contributed by atoms with Crippen LogP contribution in [0.5, 0.6) is 0 Å². The molecule has 0 aromatic heterocycles. The zero-order valence-electron chi connectivity index (χ0n) is 8.94. The third kappa shape index (κ3) is 2.74. The number of allylic oxidation sites excluding steroid dienone is 1. The topological polar surface area (TPSA) is 0 Å². The van der Waals surface area contributed by atoms with E-state index in [0.717, 1.165) is 5.57 Å². The van der Waals surface area contributed by atoms with Gasteiger partial charge in [0.05, 0.1) is 0 Å². The van der Waals surface area contributed by atoms with E-state index in [-0.39, 0.29) is 0 Å². The minimum Gasteiger partial charge on any atom is -0.122 e. The van der Waals surface area contributed by atoms with Crippen molar-refractivity contribution in [1.82, 2.24) is 0 Å². The molecule has 0 aliphatic rings. The molecular formula is C15H13Cl. The summed E-state index contributed by atoms with van der Waals surface area (Å²) in [7, 11) is 0. The van der Waals surface area contributed by atoms with Crippen LogP contribution >= 0.6 is 11.6 Å². The molecule has 0 aliphatic heterocycles. The van der Waals surface area contributed by atoms with Gasteiger partial charge >= 0.3 is 0 Å².